The molecule has 0 radical (unpaired) electrons. The van der Waals surface area contributed by atoms with Crippen molar-refractivity contribution in [2.24, 2.45) is 0 Å². The summed E-state index contributed by atoms with van der Waals surface area (Å²) in [7, 11) is 0. The van der Waals surface area contributed by atoms with E-state index in [1.54, 1.807) is 0 Å². The fourth-order valence-electron chi connectivity index (χ4n) is 0. The SMILES string of the molecule is CC.CCC.CCCS. The summed E-state index contributed by atoms with van der Waals surface area (Å²) < 4.78 is 0. The molecule has 0 heterocycles. The maximum Gasteiger partial charge on any atom is -0.0101 e. The highest BCUT2D eigenvalue weighted by Crippen LogP contribution is 1.74. The van der Waals surface area contributed by atoms with Crippen molar-refractivity contribution in [1.82, 2.24) is 0 Å². The third kappa shape index (κ3) is 185. The zero-order valence-corrected chi connectivity index (χ0v) is 8.46. The first-order valence-corrected chi connectivity index (χ1v) is 4.57. The second-order valence-electron chi connectivity index (χ2n) is 1.43. The predicted molar refractivity (Wildman–Crippen MR) is 51.5 cm³/mol. The van der Waals surface area contributed by atoms with Gasteiger partial charge in [0.15, 0.2) is 0 Å². The minimum Gasteiger partial charge on any atom is -0.179 e. The van der Waals surface area contributed by atoms with Crippen molar-refractivity contribution in [2.75, 3.05) is 5.75 Å². The van der Waals surface area contributed by atoms with Crippen molar-refractivity contribution in [3.05, 3.63) is 0 Å². The second kappa shape index (κ2) is 40.2. The van der Waals surface area contributed by atoms with Crippen molar-refractivity contribution in [3.8, 4) is 0 Å². The van der Waals surface area contributed by atoms with Gasteiger partial charge in [-0.3, -0.25) is 0 Å². The van der Waals surface area contributed by atoms with Crippen LogP contribution in [0.4, 0.5) is 0 Å². The maximum absolute atomic E-state index is 3.92. The van der Waals surface area contributed by atoms with Crippen LogP contribution in [-0.2, 0) is 0 Å². The lowest BCUT2D eigenvalue weighted by Gasteiger charge is -1.67. The number of hydrogen-bond donors (Lipinski definition) is 1. The van der Waals surface area contributed by atoms with Gasteiger partial charge in [-0.15, -0.1) is 0 Å². The van der Waals surface area contributed by atoms with E-state index >= 15 is 0 Å². The Hall–Kier alpha value is 0.350. The largest absolute Gasteiger partial charge is 0.179 e. The van der Waals surface area contributed by atoms with Crippen LogP contribution in [0.15, 0.2) is 0 Å². The molecule has 0 aromatic rings. The van der Waals surface area contributed by atoms with E-state index in [0.29, 0.717) is 0 Å². The summed E-state index contributed by atoms with van der Waals surface area (Å²) in [6, 6.07) is 0. The van der Waals surface area contributed by atoms with Crippen molar-refractivity contribution < 1.29 is 0 Å². The average Bonchev–Trinajstić information content (AvgIpc) is 1.94. The van der Waals surface area contributed by atoms with Crippen molar-refractivity contribution >= 4 is 12.6 Å². The van der Waals surface area contributed by atoms with Crippen LogP contribution in [0.2, 0.25) is 0 Å². The standard InChI is InChI=1S/C3H8S.C3H8.C2H6/c1-2-3-4;1-3-2;1-2/h4H,2-3H2,1H3;3H2,1-2H3;1-2H3. The molecule has 0 saturated heterocycles. The first-order chi connectivity index (χ1) is 4.33. The summed E-state index contributed by atoms with van der Waals surface area (Å²) in [5.74, 6) is 1.01. The smallest absolute Gasteiger partial charge is 0.0101 e. The summed E-state index contributed by atoms with van der Waals surface area (Å²) in [4.78, 5) is 0. The number of hydrogen-bond acceptors (Lipinski definition) is 1. The molecule has 0 aromatic carbocycles. The Labute approximate surface area is 66.5 Å². The average molecular weight is 150 g/mol. The van der Waals surface area contributed by atoms with E-state index in [2.05, 4.69) is 33.4 Å². The van der Waals surface area contributed by atoms with Crippen LogP contribution in [0.25, 0.3) is 0 Å². The van der Waals surface area contributed by atoms with Crippen molar-refractivity contribution in [2.45, 2.75) is 47.5 Å². The third-order valence-corrected chi connectivity index (χ3v) is 0.671. The van der Waals surface area contributed by atoms with Crippen LogP contribution in [0.3, 0.4) is 0 Å². The summed E-state index contributed by atoms with van der Waals surface area (Å²) in [6.07, 6.45) is 2.43. The molecule has 60 valence electrons. The topological polar surface area (TPSA) is 0 Å². The van der Waals surface area contributed by atoms with Crippen LogP contribution in [-0.4, -0.2) is 5.75 Å². The minimum atomic E-state index is 1.01. The zero-order chi connectivity index (χ0) is 8.12. The molecular weight excluding hydrogens is 128 g/mol. The molecule has 0 unspecified atom stereocenters. The molecule has 0 amide bonds. The fourth-order valence-corrected chi connectivity index (χ4v) is 0. The summed E-state index contributed by atoms with van der Waals surface area (Å²) in [5.41, 5.74) is 0. The van der Waals surface area contributed by atoms with Gasteiger partial charge in [0, 0.05) is 0 Å². The molecule has 1 heteroatoms. The highest BCUT2D eigenvalue weighted by Gasteiger charge is 1.57. The molecule has 0 rings (SSSR count). The van der Waals surface area contributed by atoms with Gasteiger partial charge in [-0.25, -0.2) is 0 Å². The molecule has 0 bridgehead atoms. The molecule has 0 aliphatic carbocycles. The molecule has 9 heavy (non-hydrogen) atoms. The Morgan fingerprint density at radius 3 is 1.11 bits per heavy atom. The van der Waals surface area contributed by atoms with Crippen LogP contribution in [0.5, 0.6) is 0 Å². The summed E-state index contributed by atoms with van der Waals surface area (Å²) >= 11 is 3.92. The van der Waals surface area contributed by atoms with E-state index in [1.807, 2.05) is 13.8 Å². The normalized spacial score (nSPS) is 6.00. The van der Waals surface area contributed by atoms with Crippen molar-refractivity contribution in [3.63, 3.8) is 0 Å². The zero-order valence-electron chi connectivity index (χ0n) is 7.57. The van der Waals surface area contributed by atoms with Gasteiger partial charge in [-0.05, 0) is 12.2 Å². The van der Waals surface area contributed by atoms with E-state index in [1.165, 1.54) is 12.8 Å². The first-order valence-electron chi connectivity index (χ1n) is 3.94. The predicted octanol–water partition coefficient (Wildman–Crippen LogP) is 3.77. The van der Waals surface area contributed by atoms with Crippen LogP contribution in [0.1, 0.15) is 47.5 Å². The molecule has 0 saturated carbocycles. The Kier molecular flexibility index (Phi) is 72.2. The van der Waals surface area contributed by atoms with E-state index in [0.717, 1.165) is 5.75 Å². The quantitative estimate of drug-likeness (QED) is 0.540. The third-order valence-electron chi connectivity index (χ3n) is 0.224. The monoisotopic (exact) mass is 150 g/mol. The fraction of sp³-hybridized carbons (Fsp3) is 1.00. The first kappa shape index (κ1) is 16.2. The minimum absolute atomic E-state index is 1.01. The van der Waals surface area contributed by atoms with Gasteiger partial charge in [-0.1, -0.05) is 41.0 Å². The Morgan fingerprint density at radius 2 is 1.11 bits per heavy atom. The van der Waals surface area contributed by atoms with E-state index in [9.17, 15) is 0 Å². The molecule has 0 spiro atoms. The molecule has 0 nitrogen and oxygen atoms in total. The Balaban J connectivity index is -0.0000000646. The van der Waals surface area contributed by atoms with E-state index in [-0.39, 0.29) is 0 Å². The number of rotatable bonds is 1. The lowest BCUT2D eigenvalue weighted by atomic mass is 10.6. The Bertz CT molecular complexity index is 12.0. The summed E-state index contributed by atoms with van der Waals surface area (Å²) in [5, 5.41) is 0. The Morgan fingerprint density at radius 1 is 1.00 bits per heavy atom. The van der Waals surface area contributed by atoms with Gasteiger partial charge < -0.3 is 0 Å². The molecular formula is C8H22S. The van der Waals surface area contributed by atoms with E-state index < -0.39 is 0 Å². The highest BCUT2D eigenvalue weighted by atomic mass is 32.1. The lowest BCUT2D eigenvalue weighted by Crippen LogP contribution is -1.56. The molecule has 0 aliphatic heterocycles. The van der Waals surface area contributed by atoms with Crippen LogP contribution in [0, 0.1) is 0 Å². The van der Waals surface area contributed by atoms with Gasteiger partial charge in [-0.2, -0.15) is 12.6 Å². The van der Waals surface area contributed by atoms with Gasteiger partial charge in [0.1, 0.15) is 0 Å². The van der Waals surface area contributed by atoms with Crippen LogP contribution >= 0.6 is 12.6 Å². The molecule has 0 fully saturated rings. The molecule has 0 aromatic heterocycles. The lowest BCUT2D eigenvalue weighted by molar-refractivity contribution is 1.09. The molecule has 0 aliphatic rings. The molecule has 0 atom stereocenters. The van der Waals surface area contributed by atoms with Gasteiger partial charge >= 0.3 is 0 Å². The summed E-state index contributed by atoms with van der Waals surface area (Å²) in [6.45, 7) is 10.4. The second-order valence-corrected chi connectivity index (χ2v) is 1.88. The molecule has 0 N–H and O–H groups in total. The highest BCUT2D eigenvalue weighted by molar-refractivity contribution is 7.80. The van der Waals surface area contributed by atoms with E-state index in [4.69, 9.17) is 0 Å². The van der Waals surface area contributed by atoms with Gasteiger partial charge in [0.05, 0.1) is 0 Å². The van der Waals surface area contributed by atoms with Gasteiger partial charge in [0.2, 0.25) is 0 Å². The maximum atomic E-state index is 3.92. The van der Waals surface area contributed by atoms with Crippen molar-refractivity contribution in [1.29, 1.82) is 0 Å². The van der Waals surface area contributed by atoms with Gasteiger partial charge in [0.25, 0.3) is 0 Å². The van der Waals surface area contributed by atoms with Crippen LogP contribution < -0.4 is 0 Å². The number of thiol groups is 1.